The summed E-state index contributed by atoms with van der Waals surface area (Å²) in [5.41, 5.74) is 0.821. The summed E-state index contributed by atoms with van der Waals surface area (Å²) in [4.78, 5) is 0.255. The van der Waals surface area contributed by atoms with Crippen molar-refractivity contribution in [3.05, 3.63) is 29.8 Å². The van der Waals surface area contributed by atoms with Crippen molar-refractivity contribution in [3.8, 4) is 6.07 Å². The summed E-state index contributed by atoms with van der Waals surface area (Å²) in [6.45, 7) is 2.88. The number of benzene rings is 1. The second-order valence-corrected chi connectivity index (χ2v) is 6.89. The molecule has 1 aromatic rings. The van der Waals surface area contributed by atoms with Crippen molar-refractivity contribution < 1.29 is 8.42 Å². The van der Waals surface area contributed by atoms with E-state index >= 15 is 0 Å². The summed E-state index contributed by atoms with van der Waals surface area (Å²) in [6.07, 6.45) is 1.89. The smallest absolute Gasteiger partial charge is 0.240 e. The maximum atomic E-state index is 12.3. The van der Waals surface area contributed by atoms with E-state index in [0.29, 0.717) is 12.5 Å². The fourth-order valence-electron chi connectivity index (χ4n) is 2.40. The maximum absolute atomic E-state index is 12.3. The second-order valence-electron chi connectivity index (χ2n) is 5.18. The van der Waals surface area contributed by atoms with E-state index in [2.05, 4.69) is 17.0 Å². The van der Waals surface area contributed by atoms with Crippen molar-refractivity contribution in [2.45, 2.75) is 43.2 Å². The molecular weight excluding hydrogens is 274 g/mol. The SMILES string of the molecule is CC1CC(NS(=O)(=O)c2ccc(CC#N)cc2)CCN1. The van der Waals surface area contributed by atoms with Crippen molar-refractivity contribution in [1.29, 1.82) is 5.26 Å². The molecular formula is C14H19N3O2S. The van der Waals surface area contributed by atoms with Gasteiger partial charge in [0.25, 0.3) is 0 Å². The third kappa shape index (κ3) is 3.79. The summed E-state index contributed by atoms with van der Waals surface area (Å²) in [5.74, 6) is 0. The third-order valence-corrected chi connectivity index (χ3v) is 5.00. The van der Waals surface area contributed by atoms with Gasteiger partial charge in [0, 0.05) is 12.1 Å². The average molecular weight is 293 g/mol. The number of hydrogen-bond acceptors (Lipinski definition) is 4. The molecule has 2 N–H and O–H groups in total. The van der Waals surface area contributed by atoms with E-state index in [4.69, 9.17) is 5.26 Å². The largest absolute Gasteiger partial charge is 0.314 e. The van der Waals surface area contributed by atoms with Gasteiger partial charge in [0.15, 0.2) is 0 Å². The molecule has 2 rings (SSSR count). The Bertz CT molecular complexity index is 590. The van der Waals surface area contributed by atoms with E-state index < -0.39 is 10.0 Å². The fourth-order valence-corrected chi connectivity index (χ4v) is 3.69. The molecule has 0 saturated carbocycles. The zero-order valence-corrected chi connectivity index (χ0v) is 12.3. The first-order valence-electron chi connectivity index (χ1n) is 6.73. The van der Waals surface area contributed by atoms with Crippen LogP contribution in [-0.4, -0.2) is 27.0 Å². The number of nitrogens with one attached hydrogen (secondary N) is 2. The van der Waals surface area contributed by atoms with Crippen LogP contribution in [0, 0.1) is 11.3 Å². The lowest BCUT2D eigenvalue weighted by atomic mass is 10.0. The standard InChI is InChI=1S/C14H19N3O2S/c1-11-10-13(7-9-16-11)17-20(18,19)14-4-2-12(3-5-14)6-8-15/h2-5,11,13,16-17H,6-7,9-10H2,1H3. The minimum atomic E-state index is -3.48. The Hall–Kier alpha value is -1.42. The predicted octanol–water partition coefficient (Wildman–Crippen LogP) is 1.17. The Balaban J connectivity index is 2.08. The van der Waals surface area contributed by atoms with Crippen LogP contribution in [0.15, 0.2) is 29.2 Å². The van der Waals surface area contributed by atoms with E-state index in [9.17, 15) is 8.42 Å². The van der Waals surface area contributed by atoms with E-state index in [1.54, 1.807) is 24.3 Å². The molecule has 6 heteroatoms. The van der Waals surface area contributed by atoms with Crippen molar-refractivity contribution in [1.82, 2.24) is 10.0 Å². The number of sulfonamides is 1. The van der Waals surface area contributed by atoms with Crippen LogP contribution in [0.4, 0.5) is 0 Å². The van der Waals surface area contributed by atoms with Gasteiger partial charge in [-0.2, -0.15) is 5.26 Å². The van der Waals surface area contributed by atoms with Crippen molar-refractivity contribution >= 4 is 10.0 Å². The van der Waals surface area contributed by atoms with Crippen LogP contribution < -0.4 is 10.0 Å². The molecule has 1 saturated heterocycles. The third-order valence-electron chi connectivity index (χ3n) is 3.46. The Labute approximate surface area is 120 Å². The Kier molecular flexibility index (Phi) is 4.76. The van der Waals surface area contributed by atoms with Gasteiger partial charge in [-0.25, -0.2) is 13.1 Å². The summed E-state index contributed by atoms with van der Waals surface area (Å²) in [5, 5.41) is 11.9. The highest BCUT2D eigenvalue weighted by atomic mass is 32.2. The Morgan fingerprint density at radius 2 is 2.10 bits per heavy atom. The molecule has 5 nitrogen and oxygen atoms in total. The molecule has 2 atom stereocenters. The normalized spacial score (nSPS) is 23.2. The number of nitrogens with zero attached hydrogens (tertiary/aromatic N) is 1. The van der Waals surface area contributed by atoms with Gasteiger partial charge >= 0.3 is 0 Å². The van der Waals surface area contributed by atoms with Gasteiger partial charge in [0.2, 0.25) is 10.0 Å². The van der Waals surface area contributed by atoms with Gasteiger partial charge in [-0.1, -0.05) is 12.1 Å². The molecule has 1 fully saturated rings. The first-order valence-corrected chi connectivity index (χ1v) is 8.21. The van der Waals surface area contributed by atoms with Gasteiger partial charge in [-0.05, 0) is 44.0 Å². The van der Waals surface area contributed by atoms with Gasteiger partial charge in [-0.3, -0.25) is 0 Å². The maximum Gasteiger partial charge on any atom is 0.240 e. The Morgan fingerprint density at radius 1 is 1.40 bits per heavy atom. The predicted molar refractivity (Wildman–Crippen MR) is 76.6 cm³/mol. The van der Waals surface area contributed by atoms with Gasteiger partial charge < -0.3 is 5.32 Å². The van der Waals surface area contributed by atoms with Crippen LogP contribution in [0.5, 0.6) is 0 Å². The molecule has 0 aromatic heterocycles. The van der Waals surface area contributed by atoms with E-state index in [-0.39, 0.29) is 10.9 Å². The van der Waals surface area contributed by atoms with Crippen LogP contribution in [0.3, 0.4) is 0 Å². The quantitative estimate of drug-likeness (QED) is 0.873. The number of hydrogen-bond donors (Lipinski definition) is 2. The molecule has 1 heterocycles. The average Bonchev–Trinajstić information content (AvgIpc) is 2.39. The van der Waals surface area contributed by atoms with Gasteiger partial charge in [0.1, 0.15) is 0 Å². The van der Waals surface area contributed by atoms with E-state index in [0.717, 1.165) is 24.9 Å². The summed E-state index contributed by atoms with van der Waals surface area (Å²) >= 11 is 0. The molecule has 1 aliphatic heterocycles. The van der Waals surface area contributed by atoms with Gasteiger partial charge in [0.05, 0.1) is 17.4 Å². The number of piperidine rings is 1. The fraction of sp³-hybridized carbons (Fsp3) is 0.500. The molecule has 1 aromatic carbocycles. The second kappa shape index (κ2) is 6.35. The zero-order chi connectivity index (χ0) is 14.6. The molecule has 1 aliphatic rings. The highest BCUT2D eigenvalue weighted by Gasteiger charge is 2.24. The van der Waals surface area contributed by atoms with Crippen LogP contribution in [0.25, 0.3) is 0 Å². The lowest BCUT2D eigenvalue weighted by Crippen LogP contribution is -2.46. The van der Waals surface area contributed by atoms with E-state index in [1.807, 2.05) is 6.07 Å². The summed E-state index contributed by atoms with van der Waals surface area (Å²) in [6, 6.07) is 8.83. The number of nitriles is 1. The van der Waals surface area contributed by atoms with Crippen LogP contribution in [0.2, 0.25) is 0 Å². The number of rotatable bonds is 4. The molecule has 0 bridgehead atoms. The minimum absolute atomic E-state index is 0.0185. The summed E-state index contributed by atoms with van der Waals surface area (Å²) < 4.78 is 27.3. The zero-order valence-electron chi connectivity index (χ0n) is 11.5. The van der Waals surface area contributed by atoms with E-state index in [1.165, 1.54) is 0 Å². The topological polar surface area (TPSA) is 82.0 Å². The molecule has 108 valence electrons. The lowest BCUT2D eigenvalue weighted by Gasteiger charge is -2.28. The van der Waals surface area contributed by atoms with Crippen LogP contribution in [-0.2, 0) is 16.4 Å². The molecule has 0 radical (unpaired) electrons. The van der Waals surface area contributed by atoms with Crippen LogP contribution >= 0.6 is 0 Å². The Morgan fingerprint density at radius 3 is 2.70 bits per heavy atom. The highest BCUT2D eigenvalue weighted by molar-refractivity contribution is 7.89. The highest BCUT2D eigenvalue weighted by Crippen LogP contribution is 2.15. The molecule has 0 aliphatic carbocycles. The van der Waals surface area contributed by atoms with Crippen molar-refractivity contribution in [2.24, 2.45) is 0 Å². The first kappa shape index (κ1) is 15.0. The molecule has 20 heavy (non-hydrogen) atoms. The lowest BCUT2D eigenvalue weighted by molar-refractivity contribution is 0.361. The first-order chi connectivity index (χ1) is 9.51. The minimum Gasteiger partial charge on any atom is -0.314 e. The van der Waals surface area contributed by atoms with Crippen molar-refractivity contribution in [2.75, 3.05) is 6.54 Å². The molecule has 2 unspecified atom stereocenters. The van der Waals surface area contributed by atoms with Crippen LogP contribution in [0.1, 0.15) is 25.3 Å². The monoisotopic (exact) mass is 293 g/mol. The van der Waals surface area contributed by atoms with Crippen molar-refractivity contribution in [3.63, 3.8) is 0 Å². The van der Waals surface area contributed by atoms with Gasteiger partial charge in [-0.15, -0.1) is 0 Å². The molecule has 0 amide bonds. The summed E-state index contributed by atoms with van der Waals surface area (Å²) in [7, 11) is -3.48. The molecule has 0 spiro atoms.